The Labute approximate surface area is 226 Å². The lowest BCUT2D eigenvalue weighted by Gasteiger charge is -2.35. The molecule has 8 heteroatoms. The second-order valence-corrected chi connectivity index (χ2v) is 10.7. The topological polar surface area (TPSA) is 95.0 Å². The number of H-pyrrole nitrogens is 1. The number of rotatable bonds is 7. The van der Waals surface area contributed by atoms with E-state index in [4.69, 9.17) is 9.47 Å². The summed E-state index contributed by atoms with van der Waals surface area (Å²) in [7, 11) is 0. The van der Waals surface area contributed by atoms with Crippen LogP contribution < -0.4 is 9.47 Å². The number of hydrogen-bond donors (Lipinski definition) is 3. The minimum absolute atomic E-state index is 0.157. The molecule has 5 rings (SSSR count). The van der Waals surface area contributed by atoms with Gasteiger partial charge in [-0.3, -0.25) is 4.90 Å². The predicted molar refractivity (Wildman–Crippen MR) is 147 cm³/mol. The van der Waals surface area contributed by atoms with Gasteiger partial charge in [0.2, 0.25) is 0 Å². The van der Waals surface area contributed by atoms with Gasteiger partial charge < -0.3 is 24.7 Å². The van der Waals surface area contributed by atoms with Crippen molar-refractivity contribution >= 4 is 17.0 Å². The maximum Gasteiger partial charge on any atom is 0.416 e. The van der Waals surface area contributed by atoms with Crippen LogP contribution >= 0.6 is 0 Å². The van der Waals surface area contributed by atoms with E-state index in [0.717, 1.165) is 22.2 Å². The lowest BCUT2D eigenvalue weighted by Crippen LogP contribution is -2.42. The number of amides is 1. The van der Waals surface area contributed by atoms with E-state index in [1.54, 1.807) is 11.8 Å². The number of halogens is 1. The van der Waals surface area contributed by atoms with Crippen LogP contribution in [-0.4, -0.2) is 52.6 Å². The van der Waals surface area contributed by atoms with Gasteiger partial charge in [-0.15, -0.1) is 0 Å². The van der Waals surface area contributed by atoms with Crippen molar-refractivity contribution in [1.82, 2.24) is 9.88 Å². The third kappa shape index (κ3) is 5.35. The summed E-state index contributed by atoms with van der Waals surface area (Å²) >= 11 is 0. The molecule has 0 spiro atoms. The molecule has 0 bridgehead atoms. The first-order valence-electron chi connectivity index (χ1n) is 13.0. The largest absolute Gasteiger partial charge is 0.493 e. The van der Waals surface area contributed by atoms with Crippen molar-refractivity contribution in [3.05, 3.63) is 94.4 Å². The molecule has 1 unspecified atom stereocenters. The third-order valence-corrected chi connectivity index (χ3v) is 7.54. The van der Waals surface area contributed by atoms with Crippen LogP contribution in [0, 0.1) is 25.1 Å². The number of ether oxygens (including phenoxy) is 2. The Morgan fingerprint density at radius 2 is 1.67 bits per heavy atom. The molecule has 1 aromatic heterocycles. The molecule has 7 nitrogen and oxygen atoms in total. The summed E-state index contributed by atoms with van der Waals surface area (Å²) in [6.07, 6.45) is 0.139. The van der Waals surface area contributed by atoms with E-state index in [0.29, 0.717) is 18.7 Å². The van der Waals surface area contributed by atoms with Crippen molar-refractivity contribution in [3.8, 4) is 11.5 Å². The summed E-state index contributed by atoms with van der Waals surface area (Å²) in [4.78, 5) is 18.7. The molecule has 2 heterocycles. The lowest BCUT2D eigenvalue weighted by molar-refractivity contribution is 0.0287. The molecular weight excluding hydrogens is 499 g/mol. The molecule has 1 aliphatic heterocycles. The summed E-state index contributed by atoms with van der Waals surface area (Å²) in [5.41, 5.74) is 5.63. The molecule has 0 radical (unpaired) electrons. The molecule has 0 saturated heterocycles. The number of fused-ring (bicyclic) bond motifs is 3. The number of aliphatic hydroxyl groups excluding tert-OH is 2. The molecule has 4 aromatic rings. The molecule has 3 aromatic carbocycles. The van der Waals surface area contributed by atoms with E-state index in [2.05, 4.69) is 31.0 Å². The zero-order valence-electron chi connectivity index (χ0n) is 22.3. The zero-order valence-corrected chi connectivity index (χ0v) is 22.3. The summed E-state index contributed by atoms with van der Waals surface area (Å²) < 4.78 is 24.9. The fraction of sp³-hybridized carbons (Fsp3) is 0.323. The quantitative estimate of drug-likeness (QED) is 0.295. The minimum Gasteiger partial charge on any atom is -0.493 e. The normalized spacial score (nSPS) is 15.3. The van der Waals surface area contributed by atoms with Crippen molar-refractivity contribution in [1.29, 1.82) is 0 Å². The van der Waals surface area contributed by atoms with E-state index in [9.17, 15) is 19.4 Å². The van der Waals surface area contributed by atoms with Gasteiger partial charge in [-0.05, 0) is 91.1 Å². The van der Waals surface area contributed by atoms with E-state index in [1.807, 2.05) is 24.3 Å². The first-order chi connectivity index (χ1) is 18.7. The fourth-order valence-electron chi connectivity index (χ4n) is 4.91. The van der Waals surface area contributed by atoms with Crippen molar-refractivity contribution in [3.63, 3.8) is 0 Å². The molecule has 0 saturated carbocycles. The van der Waals surface area contributed by atoms with Crippen molar-refractivity contribution in [2.75, 3.05) is 26.4 Å². The highest BCUT2D eigenvalue weighted by atomic mass is 19.1. The van der Waals surface area contributed by atoms with Crippen LogP contribution in [0.25, 0.3) is 10.9 Å². The van der Waals surface area contributed by atoms with E-state index >= 15 is 0 Å². The predicted octanol–water partition coefficient (Wildman–Crippen LogP) is 5.44. The summed E-state index contributed by atoms with van der Waals surface area (Å²) in [5.74, 6) is 0.458. The van der Waals surface area contributed by atoms with Gasteiger partial charge in [0, 0.05) is 28.6 Å². The number of nitrogens with zero attached hydrogens (tertiary/aromatic N) is 1. The van der Waals surface area contributed by atoms with Crippen LogP contribution in [-0.2, 0) is 6.42 Å². The Morgan fingerprint density at radius 3 is 2.33 bits per heavy atom. The van der Waals surface area contributed by atoms with Gasteiger partial charge >= 0.3 is 6.09 Å². The highest BCUT2D eigenvalue weighted by Crippen LogP contribution is 2.40. The second-order valence-electron chi connectivity index (χ2n) is 10.7. The maximum atomic E-state index is 13.4. The first-order valence-corrected chi connectivity index (χ1v) is 13.0. The molecule has 1 aliphatic rings. The van der Waals surface area contributed by atoms with Crippen molar-refractivity contribution in [2.24, 2.45) is 5.41 Å². The van der Waals surface area contributed by atoms with E-state index in [-0.39, 0.29) is 25.6 Å². The molecule has 0 fully saturated rings. The third-order valence-electron chi connectivity index (χ3n) is 7.54. The van der Waals surface area contributed by atoms with Gasteiger partial charge in [-0.1, -0.05) is 19.1 Å². The van der Waals surface area contributed by atoms with E-state index < -0.39 is 23.4 Å². The summed E-state index contributed by atoms with van der Waals surface area (Å²) in [6, 6.07) is 16.7. The Hall–Kier alpha value is -3.88. The summed E-state index contributed by atoms with van der Waals surface area (Å²) in [5, 5.41) is 20.3. The minimum atomic E-state index is -0.752. The number of aromatic nitrogens is 1. The van der Waals surface area contributed by atoms with Crippen molar-refractivity contribution < 1.29 is 28.9 Å². The monoisotopic (exact) mass is 532 g/mol. The Bertz CT molecular complexity index is 1480. The van der Waals surface area contributed by atoms with Crippen molar-refractivity contribution in [2.45, 2.75) is 33.2 Å². The zero-order chi connectivity index (χ0) is 27.7. The number of carbonyl (C=O) groups is 1. The number of carbonyl (C=O) groups excluding carboxylic acids is 1. The smallest absolute Gasteiger partial charge is 0.416 e. The number of nitrogens with one attached hydrogen (secondary N) is 1. The van der Waals surface area contributed by atoms with Gasteiger partial charge in [-0.25, -0.2) is 9.18 Å². The molecule has 3 N–H and O–H groups in total. The van der Waals surface area contributed by atoms with Gasteiger partial charge in [0.1, 0.15) is 23.4 Å². The average Bonchev–Trinajstić information content (AvgIpc) is 3.30. The van der Waals surface area contributed by atoms with Crippen LogP contribution in [0.5, 0.6) is 11.5 Å². The van der Waals surface area contributed by atoms with Crippen LogP contribution in [0.3, 0.4) is 0 Å². The Morgan fingerprint density at radius 1 is 1.03 bits per heavy atom. The SMILES string of the molecule is Cc1cc2[nH]c3c(c2cc1C)CCN(C(=O)Oc1ccc(F)cc1)C3c1ccc(OCC(C)(CO)CO)cc1. The molecule has 1 atom stereocenters. The summed E-state index contributed by atoms with van der Waals surface area (Å²) in [6.45, 7) is 6.13. The molecule has 0 aliphatic carbocycles. The van der Waals surface area contributed by atoms with Gasteiger partial charge in [0.15, 0.2) is 0 Å². The van der Waals surface area contributed by atoms with Gasteiger partial charge in [0.05, 0.1) is 19.8 Å². The highest BCUT2D eigenvalue weighted by Gasteiger charge is 2.36. The maximum absolute atomic E-state index is 13.4. The number of aryl methyl sites for hydroxylation is 2. The number of aromatic amines is 1. The van der Waals surface area contributed by atoms with E-state index in [1.165, 1.54) is 41.0 Å². The van der Waals surface area contributed by atoms with Crippen LogP contribution in [0.2, 0.25) is 0 Å². The molecule has 39 heavy (non-hydrogen) atoms. The number of benzene rings is 3. The number of aliphatic hydroxyl groups is 2. The highest BCUT2D eigenvalue weighted by molar-refractivity contribution is 5.87. The second kappa shape index (κ2) is 10.7. The molecular formula is C31H33FN2O5. The van der Waals surface area contributed by atoms with Crippen LogP contribution in [0.1, 0.15) is 40.9 Å². The fourth-order valence-corrected chi connectivity index (χ4v) is 4.91. The van der Waals surface area contributed by atoms with Crippen LogP contribution in [0.4, 0.5) is 9.18 Å². The Kier molecular flexibility index (Phi) is 7.34. The van der Waals surface area contributed by atoms with Gasteiger partial charge in [-0.2, -0.15) is 0 Å². The Balaban J connectivity index is 1.50. The van der Waals surface area contributed by atoms with Gasteiger partial charge in [0.25, 0.3) is 0 Å². The standard InChI is InChI=1S/C31H33FN2O5/c1-19-14-26-25-12-13-34(30(37)39-24-10-6-22(32)7-11-24)29(28(25)33-27(26)15-20(19)2)21-4-8-23(9-5-21)38-18-31(3,16-35)17-36/h4-11,14-15,29,33,35-36H,12-13,16-18H2,1-3H3. The average molecular weight is 533 g/mol. The molecule has 204 valence electrons. The van der Waals surface area contributed by atoms with Crippen LogP contribution in [0.15, 0.2) is 60.7 Å². The molecule has 1 amide bonds. The number of hydrogen-bond acceptors (Lipinski definition) is 5. The first kappa shape index (κ1) is 26.7. The lowest BCUT2D eigenvalue weighted by atomic mass is 9.92.